The highest BCUT2D eigenvalue weighted by atomic mass is 16.5. The van der Waals surface area contributed by atoms with Crippen molar-refractivity contribution in [1.29, 1.82) is 0 Å². The van der Waals surface area contributed by atoms with E-state index in [-0.39, 0.29) is 12.0 Å². The van der Waals surface area contributed by atoms with Gasteiger partial charge < -0.3 is 14.4 Å². The lowest BCUT2D eigenvalue weighted by Crippen LogP contribution is -2.42. The molecular formula is C20H25N3O3. The van der Waals surface area contributed by atoms with Crippen LogP contribution < -0.4 is 9.47 Å². The van der Waals surface area contributed by atoms with Crippen LogP contribution in [0.4, 0.5) is 0 Å². The summed E-state index contributed by atoms with van der Waals surface area (Å²) in [7, 11) is 1.63. The summed E-state index contributed by atoms with van der Waals surface area (Å²) in [5.74, 6) is 2.25. The highest BCUT2D eigenvalue weighted by Crippen LogP contribution is 2.19. The maximum atomic E-state index is 12.5. The summed E-state index contributed by atoms with van der Waals surface area (Å²) in [6.07, 6.45) is 2.11. The van der Waals surface area contributed by atoms with E-state index in [2.05, 4.69) is 9.97 Å². The molecule has 0 radical (unpaired) electrons. The SMILES string of the molecule is COc1cccc(CC(=O)N2CCC(Oc3cc(C)nc(C)n3)CC2)c1. The van der Waals surface area contributed by atoms with Crippen molar-refractivity contribution in [3.8, 4) is 11.6 Å². The molecule has 1 saturated heterocycles. The number of carbonyl (C=O) groups excluding carboxylic acids is 1. The van der Waals surface area contributed by atoms with Gasteiger partial charge in [-0.1, -0.05) is 12.1 Å². The van der Waals surface area contributed by atoms with Crippen LogP contribution in [0.5, 0.6) is 11.6 Å². The second kappa shape index (κ2) is 8.17. The first kappa shape index (κ1) is 18.2. The predicted molar refractivity (Wildman–Crippen MR) is 98.4 cm³/mol. The molecule has 138 valence electrons. The van der Waals surface area contributed by atoms with Crippen LogP contribution in [0, 0.1) is 13.8 Å². The van der Waals surface area contributed by atoms with Crippen LogP contribution in [0.25, 0.3) is 0 Å². The fraction of sp³-hybridized carbons (Fsp3) is 0.450. The Hall–Kier alpha value is -2.63. The third kappa shape index (κ3) is 4.71. The number of amides is 1. The molecule has 1 aromatic heterocycles. The molecule has 2 heterocycles. The number of nitrogens with zero attached hydrogens (tertiary/aromatic N) is 3. The predicted octanol–water partition coefficient (Wildman–Crippen LogP) is 2.71. The van der Waals surface area contributed by atoms with Gasteiger partial charge in [-0.25, -0.2) is 4.98 Å². The van der Waals surface area contributed by atoms with Crippen molar-refractivity contribution >= 4 is 5.91 Å². The number of aryl methyl sites for hydroxylation is 2. The largest absolute Gasteiger partial charge is 0.497 e. The van der Waals surface area contributed by atoms with Crippen LogP contribution in [0.15, 0.2) is 30.3 Å². The van der Waals surface area contributed by atoms with Crippen LogP contribution >= 0.6 is 0 Å². The monoisotopic (exact) mass is 355 g/mol. The Morgan fingerprint density at radius 3 is 2.65 bits per heavy atom. The number of benzene rings is 1. The minimum atomic E-state index is 0.0876. The van der Waals surface area contributed by atoms with Crippen molar-refractivity contribution in [3.05, 3.63) is 47.4 Å². The normalized spacial score (nSPS) is 15.0. The third-order valence-corrected chi connectivity index (χ3v) is 4.51. The van der Waals surface area contributed by atoms with Gasteiger partial charge in [0.05, 0.1) is 13.5 Å². The molecule has 0 atom stereocenters. The quantitative estimate of drug-likeness (QED) is 0.825. The zero-order valence-electron chi connectivity index (χ0n) is 15.6. The summed E-state index contributed by atoms with van der Waals surface area (Å²) < 4.78 is 11.2. The summed E-state index contributed by atoms with van der Waals surface area (Å²) >= 11 is 0. The van der Waals surface area contributed by atoms with E-state index in [9.17, 15) is 4.79 Å². The van der Waals surface area contributed by atoms with Gasteiger partial charge in [-0.3, -0.25) is 4.79 Å². The van der Waals surface area contributed by atoms with E-state index in [1.807, 2.05) is 49.1 Å². The van der Waals surface area contributed by atoms with E-state index >= 15 is 0 Å². The van der Waals surface area contributed by atoms with Crippen molar-refractivity contribution in [2.75, 3.05) is 20.2 Å². The fourth-order valence-corrected chi connectivity index (χ4v) is 3.21. The van der Waals surface area contributed by atoms with Crippen LogP contribution in [-0.4, -0.2) is 47.1 Å². The van der Waals surface area contributed by atoms with Crippen LogP contribution in [0.1, 0.15) is 29.9 Å². The van der Waals surface area contributed by atoms with Gasteiger partial charge in [-0.2, -0.15) is 4.98 Å². The van der Waals surface area contributed by atoms with Crippen molar-refractivity contribution in [1.82, 2.24) is 14.9 Å². The molecule has 1 fully saturated rings. The molecule has 0 bridgehead atoms. The standard InChI is InChI=1S/C20H25N3O3/c1-14-11-19(22-15(2)21-14)26-17-7-9-23(10-8-17)20(24)13-16-5-4-6-18(12-16)25-3/h4-6,11-12,17H,7-10,13H2,1-3H3. The molecule has 0 N–H and O–H groups in total. The molecule has 26 heavy (non-hydrogen) atoms. The van der Waals surface area contributed by atoms with Gasteiger partial charge in [0.2, 0.25) is 11.8 Å². The molecule has 0 aliphatic carbocycles. The Balaban J connectivity index is 1.52. The summed E-state index contributed by atoms with van der Waals surface area (Å²) in [4.78, 5) is 23.0. The molecule has 0 saturated carbocycles. The molecule has 6 heteroatoms. The molecule has 2 aromatic rings. The number of ether oxygens (including phenoxy) is 2. The van der Waals surface area contributed by atoms with Gasteiger partial charge in [0.1, 0.15) is 17.7 Å². The van der Waals surface area contributed by atoms with Crippen LogP contribution in [-0.2, 0) is 11.2 Å². The molecule has 0 spiro atoms. The highest BCUT2D eigenvalue weighted by Gasteiger charge is 2.24. The van der Waals surface area contributed by atoms with Crippen molar-refractivity contribution in [2.45, 2.75) is 39.2 Å². The van der Waals surface area contributed by atoms with Crippen molar-refractivity contribution in [2.24, 2.45) is 0 Å². The summed E-state index contributed by atoms with van der Waals surface area (Å²) in [6.45, 7) is 5.20. The Morgan fingerprint density at radius 2 is 1.96 bits per heavy atom. The smallest absolute Gasteiger partial charge is 0.226 e. The first-order valence-corrected chi connectivity index (χ1v) is 8.93. The second-order valence-corrected chi connectivity index (χ2v) is 6.62. The van der Waals surface area contributed by atoms with Crippen molar-refractivity contribution < 1.29 is 14.3 Å². The number of hydrogen-bond acceptors (Lipinski definition) is 5. The number of aromatic nitrogens is 2. The first-order valence-electron chi connectivity index (χ1n) is 8.93. The van der Waals surface area contributed by atoms with E-state index < -0.39 is 0 Å². The lowest BCUT2D eigenvalue weighted by molar-refractivity contribution is -0.132. The Bertz CT molecular complexity index is 750. The van der Waals surface area contributed by atoms with Crippen molar-refractivity contribution in [3.63, 3.8) is 0 Å². The van der Waals surface area contributed by atoms with Gasteiger partial charge in [-0.05, 0) is 31.5 Å². The van der Waals surface area contributed by atoms with E-state index in [4.69, 9.17) is 9.47 Å². The number of likely N-dealkylation sites (tertiary alicyclic amines) is 1. The average Bonchev–Trinajstić information content (AvgIpc) is 2.61. The van der Waals surface area contributed by atoms with Gasteiger partial charge in [-0.15, -0.1) is 0 Å². The first-order chi connectivity index (χ1) is 12.5. The second-order valence-electron chi connectivity index (χ2n) is 6.62. The van der Waals surface area contributed by atoms with Gasteiger partial charge >= 0.3 is 0 Å². The van der Waals surface area contributed by atoms with E-state index in [1.165, 1.54) is 0 Å². The number of rotatable bonds is 5. The number of piperidine rings is 1. The molecule has 3 rings (SSSR count). The van der Waals surface area contributed by atoms with E-state index in [1.54, 1.807) is 7.11 Å². The minimum absolute atomic E-state index is 0.0876. The Labute approximate surface area is 154 Å². The fourth-order valence-electron chi connectivity index (χ4n) is 3.21. The minimum Gasteiger partial charge on any atom is -0.497 e. The Kier molecular flexibility index (Phi) is 5.71. The van der Waals surface area contributed by atoms with Gasteiger partial charge in [0.25, 0.3) is 0 Å². The zero-order valence-corrected chi connectivity index (χ0v) is 15.6. The molecular weight excluding hydrogens is 330 g/mol. The topological polar surface area (TPSA) is 64.5 Å². The maximum absolute atomic E-state index is 12.5. The molecule has 1 aliphatic rings. The molecule has 1 amide bonds. The van der Waals surface area contributed by atoms with E-state index in [0.717, 1.165) is 29.8 Å². The van der Waals surface area contributed by atoms with E-state index in [0.29, 0.717) is 31.2 Å². The molecule has 1 aromatic carbocycles. The molecule has 1 aliphatic heterocycles. The molecule has 6 nitrogen and oxygen atoms in total. The molecule has 0 unspecified atom stereocenters. The Morgan fingerprint density at radius 1 is 1.19 bits per heavy atom. The lowest BCUT2D eigenvalue weighted by atomic mass is 10.1. The number of methoxy groups -OCH3 is 1. The zero-order chi connectivity index (χ0) is 18.5. The highest BCUT2D eigenvalue weighted by molar-refractivity contribution is 5.79. The summed E-state index contributed by atoms with van der Waals surface area (Å²) in [5, 5.41) is 0. The average molecular weight is 355 g/mol. The number of carbonyl (C=O) groups is 1. The lowest BCUT2D eigenvalue weighted by Gasteiger charge is -2.32. The van der Waals surface area contributed by atoms with Crippen LogP contribution in [0.2, 0.25) is 0 Å². The third-order valence-electron chi connectivity index (χ3n) is 4.51. The summed E-state index contributed by atoms with van der Waals surface area (Å²) in [5.41, 5.74) is 1.87. The van der Waals surface area contributed by atoms with Gasteiger partial charge in [0, 0.05) is 37.7 Å². The maximum Gasteiger partial charge on any atom is 0.226 e. The van der Waals surface area contributed by atoms with Crippen LogP contribution in [0.3, 0.4) is 0 Å². The summed E-state index contributed by atoms with van der Waals surface area (Å²) in [6, 6.07) is 9.51. The van der Waals surface area contributed by atoms with Gasteiger partial charge in [0.15, 0.2) is 0 Å². The number of hydrogen-bond donors (Lipinski definition) is 0.